The lowest BCUT2D eigenvalue weighted by molar-refractivity contribution is -0.696. The van der Waals surface area contributed by atoms with Crippen molar-refractivity contribution in [1.29, 1.82) is 0 Å². The molecule has 42 heavy (non-hydrogen) atoms. The largest absolute Gasteiger partial charge is 0.494 e. The Hall–Kier alpha value is -2.55. The van der Waals surface area contributed by atoms with E-state index in [4.69, 9.17) is 4.74 Å². The van der Waals surface area contributed by atoms with Crippen LogP contribution in [0.2, 0.25) is 0 Å². The number of unbranched alkanes of at least 4 members (excludes halogenated alkanes) is 3. The molecule has 0 saturated heterocycles. The summed E-state index contributed by atoms with van der Waals surface area (Å²) in [6, 6.07) is 18.4. The lowest BCUT2D eigenvalue weighted by Crippen LogP contribution is -2.30. The zero-order chi connectivity index (χ0) is 29.0. The zero-order valence-electron chi connectivity index (χ0n) is 26.7. The van der Waals surface area contributed by atoms with Crippen LogP contribution in [0.4, 0.5) is 0 Å². The van der Waals surface area contributed by atoms with E-state index in [0.29, 0.717) is 0 Å². The average Bonchev–Trinajstić information content (AvgIpc) is 3.51. The number of hydrogen-bond acceptors (Lipinski definition) is 1. The first-order valence-corrected chi connectivity index (χ1v) is 17.6. The van der Waals surface area contributed by atoms with Crippen LogP contribution in [-0.4, -0.2) is 11.2 Å². The molecule has 2 aliphatic rings. The number of ether oxygens (including phenoxy) is 1. The van der Waals surface area contributed by atoms with Gasteiger partial charge in [-0.2, -0.15) is 0 Å². The fraction of sp³-hybridized carbons (Fsp3) is 0.615. The molecule has 3 heteroatoms. The predicted molar refractivity (Wildman–Crippen MR) is 176 cm³/mol. The van der Waals surface area contributed by atoms with Gasteiger partial charge in [-0.3, -0.25) is 0 Å². The third-order valence-electron chi connectivity index (χ3n) is 10.4. The molecular formula is C39H57N2O+. The average molecular weight is 570 g/mol. The molecule has 0 unspecified atom stereocenters. The van der Waals surface area contributed by atoms with Crippen LogP contribution >= 0.6 is 0 Å². The van der Waals surface area contributed by atoms with Crippen LogP contribution in [0.15, 0.2) is 67.3 Å². The summed E-state index contributed by atoms with van der Waals surface area (Å²) in [5, 5.41) is 0. The van der Waals surface area contributed by atoms with Crippen LogP contribution in [0.3, 0.4) is 0 Å². The van der Waals surface area contributed by atoms with Gasteiger partial charge in [-0.25, -0.2) is 9.13 Å². The predicted octanol–water partition coefficient (Wildman–Crippen LogP) is 10.6. The van der Waals surface area contributed by atoms with Gasteiger partial charge >= 0.3 is 0 Å². The maximum atomic E-state index is 6.07. The molecule has 0 N–H and O–H groups in total. The van der Waals surface area contributed by atoms with Gasteiger partial charge in [0.15, 0.2) is 0 Å². The molecular weight excluding hydrogens is 512 g/mol. The van der Waals surface area contributed by atoms with Crippen LogP contribution in [0, 0.1) is 11.8 Å². The Labute approximate surface area is 256 Å². The molecule has 0 aliphatic heterocycles. The third-order valence-corrected chi connectivity index (χ3v) is 10.4. The van der Waals surface area contributed by atoms with Crippen molar-refractivity contribution in [3.05, 3.63) is 78.4 Å². The number of aryl methyl sites for hydroxylation is 1. The van der Waals surface area contributed by atoms with Crippen LogP contribution in [-0.2, 0) is 6.54 Å². The highest BCUT2D eigenvalue weighted by Crippen LogP contribution is 2.39. The van der Waals surface area contributed by atoms with Gasteiger partial charge in [0.05, 0.1) is 13.2 Å². The molecule has 1 aromatic heterocycles. The first-order chi connectivity index (χ1) is 20.7. The normalized spacial score (nSPS) is 22.7. The van der Waals surface area contributed by atoms with Crippen LogP contribution in [0.5, 0.6) is 5.75 Å². The van der Waals surface area contributed by atoms with Crippen LogP contribution in [0.1, 0.15) is 140 Å². The van der Waals surface area contributed by atoms with E-state index in [1.54, 1.807) is 0 Å². The summed E-state index contributed by atoms with van der Waals surface area (Å²) in [4.78, 5) is 0. The maximum Gasteiger partial charge on any atom is 0.248 e. The Kier molecular flexibility index (Phi) is 12.0. The van der Waals surface area contributed by atoms with Gasteiger partial charge in [0.2, 0.25) is 6.33 Å². The SMILES string of the molecule is CCCC1CCC(c2ccc(OCCCCCC[n+]3ccn(-c4ccc(C5CCC(CCC)CC5)cc4)c3)cc2)CC1. The minimum atomic E-state index is 0.757. The van der Waals surface area contributed by atoms with E-state index >= 15 is 0 Å². The van der Waals surface area contributed by atoms with Crippen molar-refractivity contribution in [1.82, 2.24) is 4.57 Å². The fourth-order valence-corrected chi connectivity index (χ4v) is 7.76. The molecule has 5 rings (SSSR count). The third kappa shape index (κ3) is 8.98. The van der Waals surface area contributed by atoms with Crippen molar-refractivity contribution >= 4 is 0 Å². The molecule has 2 aromatic carbocycles. The highest BCUT2D eigenvalue weighted by molar-refractivity contribution is 5.35. The summed E-state index contributed by atoms with van der Waals surface area (Å²) in [7, 11) is 0. The summed E-state index contributed by atoms with van der Waals surface area (Å²) in [5.74, 6) is 4.50. The van der Waals surface area contributed by atoms with Crippen molar-refractivity contribution in [2.75, 3.05) is 6.61 Å². The molecule has 0 amide bonds. The van der Waals surface area contributed by atoms with Gasteiger partial charge in [0, 0.05) is 0 Å². The van der Waals surface area contributed by atoms with Crippen molar-refractivity contribution < 1.29 is 9.30 Å². The minimum Gasteiger partial charge on any atom is -0.494 e. The Balaban J connectivity index is 0.947. The van der Waals surface area contributed by atoms with Gasteiger partial charge in [0.1, 0.15) is 23.8 Å². The molecule has 3 nitrogen and oxygen atoms in total. The van der Waals surface area contributed by atoms with Gasteiger partial charge in [-0.05, 0) is 136 Å². The van der Waals surface area contributed by atoms with Crippen molar-refractivity contribution in [3.63, 3.8) is 0 Å². The highest BCUT2D eigenvalue weighted by atomic mass is 16.5. The van der Waals surface area contributed by atoms with E-state index < -0.39 is 0 Å². The molecule has 1 heterocycles. The van der Waals surface area contributed by atoms with Gasteiger partial charge in [-0.1, -0.05) is 63.8 Å². The summed E-state index contributed by atoms with van der Waals surface area (Å²) in [5.41, 5.74) is 4.32. The summed E-state index contributed by atoms with van der Waals surface area (Å²) >= 11 is 0. The molecule has 0 radical (unpaired) electrons. The first-order valence-electron chi connectivity index (χ1n) is 17.6. The van der Waals surface area contributed by atoms with E-state index in [0.717, 1.165) is 49.0 Å². The second kappa shape index (κ2) is 16.3. The number of hydrogen-bond donors (Lipinski definition) is 0. The topological polar surface area (TPSA) is 18.0 Å². The van der Waals surface area contributed by atoms with E-state index in [9.17, 15) is 0 Å². The number of imidazole rings is 1. The van der Waals surface area contributed by atoms with Gasteiger partial charge < -0.3 is 4.74 Å². The smallest absolute Gasteiger partial charge is 0.248 e. The van der Waals surface area contributed by atoms with Crippen LogP contribution in [0.25, 0.3) is 5.69 Å². The Bertz CT molecular complexity index is 1150. The highest BCUT2D eigenvalue weighted by Gasteiger charge is 2.23. The molecule has 228 valence electrons. The number of rotatable bonds is 15. The molecule has 0 atom stereocenters. The standard InChI is InChI=1S/C39H57N2O/c1-3-9-32-11-15-34(16-12-32)36-19-23-38(24-20-36)41-29-28-40(31-41)27-7-5-6-8-30-42-39-25-21-37(22-26-39)35-17-13-33(10-4-2)14-18-35/h19-26,28-29,31-35H,3-18,27,30H2,1-2H3/q+1. The Morgan fingerprint density at radius 2 is 1.21 bits per heavy atom. The fourth-order valence-electron chi connectivity index (χ4n) is 7.76. The maximum absolute atomic E-state index is 6.07. The quantitative estimate of drug-likeness (QED) is 0.131. The van der Waals surface area contributed by atoms with Gasteiger partial charge in [0.25, 0.3) is 0 Å². The Morgan fingerprint density at radius 3 is 1.79 bits per heavy atom. The molecule has 0 bridgehead atoms. The molecule has 0 spiro atoms. The number of aromatic nitrogens is 2. The summed E-state index contributed by atoms with van der Waals surface area (Å²) in [6.45, 7) is 6.54. The van der Waals surface area contributed by atoms with Crippen molar-refractivity contribution in [2.24, 2.45) is 11.8 Å². The summed E-state index contributed by atoms with van der Waals surface area (Å²) < 4.78 is 10.7. The van der Waals surface area contributed by atoms with Crippen molar-refractivity contribution in [3.8, 4) is 11.4 Å². The van der Waals surface area contributed by atoms with Crippen LogP contribution < -0.4 is 9.30 Å². The second-order valence-electron chi connectivity index (χ2n) is 13.5. The van der Waals surface area contributed by atoms with Crippen molar-refractivity contribution in [2.45, 2.75) is 135 Å². The van der Waals surface area contributed by atoms with E-state index in [1.165, 1.54) is 113 Å². The minimum absolute atomic E-state index is 0.757. The lowest BCUT2D eigenvalue weighted by atomic mass is 9.77. The second-order valence-corrected chi connectivity index (χ2v) is 13.5. The first kappa shape index (κ1) is 30.9. The van der Waals surface area contributed by atoms with Gasteiger partial charge in [-0.15, -0.1) is 0 Å². The van der Waals surface area contributed by atoms with E-state index in [1.807, 2.05) is 0 Å². The lowest BCUT2D eigenvalue weighted by Gasteiger charge is -2.28. The number of nitrogens with zero attached hydrogens (tertiary/aromatic N) is 2. The molecule has 3 aromatic rings. The molecule has 2 saturated carbocycles. The number of benzene rings is 2. The Morgan fingerprint density at radius 1 is 0.667 bits per heavy atom. The molecule has 2 aliphatic carbocycles. The zero-order valence-corrected chi connectivity index (χ0v) is 26.7. The monoisotopic (exact) mass is 569 g/mol. The molecule has 2 fully saturated rings. The van der Waals surface area contributed by atoms with E-state index in [2.05, 4.69) is 90.2 Å². The van der Waals surface area contributed by atoms with E-state index in [-0.39, 0.29) is 0 Å². The summed E-state index contributed by atoms with van der Waals surface area (Å²) in [6.07, 6.45) is 28.1.